The Kier molecular flexibility index (Phi) is 5.04. The molecule has 0 fully saturated rings. The van der Waals surface area contributed by atoms with E-state index in [1.54, 1.807) is 0 Å². The molecular formula is C17H24N2O4. The number of aliphatic hydroxyl groups excluding tert-OH is 1. The predicted molar refractivity (Wildman–Crippen MR) is 84.9 cm³/mol. The Hall–Kier alpha value is -1.95. The SMILES string of the molecule is CC(CN1C(=O)C=CC1O)CC(C)(C)CCN1C(=O)C=CC1=O. The monoisotopic (exact) mass is 320 g/mol. The molecular weight excluding hydrogens is 296 g/mol. The summed E-state index contributed by atoms with van der Waals surface area (Å²) in [5, 5.41) is 9.74. The predicted octanol–water partition coefficient (Wildman–Crippen LogP) is 1.07. The van der Waals surface area contributed by atoms with Crippen molar-refractivity contribution in [3.63, 3.8) is 0 Å². The molecule has 1 N–H and O–H groups in total. The van der Waals surface area contributed by atoms with E-state index >= 15 is 0 Å². The maximum atomic E-state index is 11.6. The summed E-state index contributed by atoms with van der Waals surface area (Å²) in [5.74, 6) is -0.473. The lowest BCUT2D eigenvalue weighted by Crippen LogP contribution is -2.38. The smallest absolute Gasteiger partial charge is 0.253 e. The molecule has 2 unspecified atom stereocenters. The zero-order valence-electron chi connectivity index (χ0n) is 13.9. The zero-order chi connectivity index (χ0) is 17.2. The number of hydrogen-bond donors (Lipinski definition) is 1. The lowest BCUT2D eigenvalue weighted by atomic mass is 9.80. The second kappa shape index (κ2) is 6.66. The quantitative estimate of drug-likeness (QED) is 0.712. The molecule has 0 aromatic rings. The number of nitrogens with zero attached hydrogens (tertiary/aromatic N) is 2. The molecule has 2 aliphatic rings. The molecule has 126 valence electrons. The van der Waals surface area contributed by atoms with Gasteiger partial charge in [0, 0.05) is 31.3 Å². The van der Waals surface area contributed by atoms with Crippen LogP contribution in [0, 0.1) is 11.3 Å². The van der Waals surface area contributed by atoms with Crippen LogP contribution in [0.15, 0.2) is 24.3 Å². The molecule has 0 spiro atoms. The molecule has 6 nitrogen and oxygen atoms in total. The minimum atomic E-state index is -0.834. The number of imide groups is 1. The Bertz CT molecular complexity index is 547. The Labute approximate surface area is 136 Å². The van der Waals surface area contributed by atoms with E-state index in [0.717, 1.165) is 6.42 Å². The van der Waals surface area contributed by atoms with Gasteiger partial charge in [0.25, 0.3) is 11.8 Å². The van der Waals surface area contributed by atoms with Crippen LogP contribution in [-0.4, -0.2) is 51.9 Å². The highest BCUT2D eigenvalue weighted by molar-refractivity contribution is 6.12. The standard InChI is InChI=1S/C17H24N2O4/c1-12(11-19-15(22)6-7-16(19)23)10-17(2,3)8-9-18-13(20)4-5-14(18)21/h4-7,12,15,22H,8-11H2,1-3H3. The van der Waals surface area contributed by atoms with Gasteiger partial charge in [0.2, 0.25) is 5.91 Å². The van der Waals surface area contributed by atoms with Crippen molar-refractivity contribution < 1.29 is 19.5 Å². The summed E-state index contributed by atoms with van der Waals surface area (Å²) >= 11 is 0. The molecule has 0 aliphatic carbocycles. The molecule has 2 rings (SSSR count). The molecule has 2 aliphatic heterocycles. The molecule has 0 radical (unpaired) electrons. The van der Waals surface area contributed by atoms with Crippen LogP contribution in [0.25, 0.3) is 0 Å². The number of rotatable bonds is 7. The number of hydrogen-bond acceptors (Lipinski definition) is 4. The van der Waals surface area contributed by atoms with E-state index in [9.17, 15) is 19.5 Å². The number of amides is 3. The normalized spacial score (nSPS) is 22.6. The van der Waals surface area contributed by atoms with Crippen molar-refractivity contribution >= 4 is 17.7 Å². The van der Waals surface area contributed by atoms with Crippen LogP contribution in [0.4, 0.5) is 0 Å². The molecule has 2 heterocycles. The first-order valence-corrected chi connectivity index (χ1v) is 7.90. The Balaban J connectivity index is 1.82. The van der Waals surface area contributed by atoms with Crippen molar-refractivity contribution in [2.75, 3.05) is 13.1 Å². The summed E-state index contributed by atoms with van der Waals surface area (Å²) in [6.07, 6.45) is 6.16. The van der Waals surface area contributed by atoms with Crippen LogP contribution in [0.2, 0.25) is 0 Å². The van der Waals surface area contributed by atoms with Gasteiger partial charge in [-0.1, -0.05) is 20.8 Å². The Morgan fingerprint density at radius 1 is 1.13 bits per heavy atom. The minimum absolute atomic E-state index is 0.0796. The number of aliphatic hydroxyl groups is 1. The summed E-state index contributed by atoms with van der Waals surface area (Å²) in [4.78, 5) is 37.5. The first-order chi connectivity index (χ1) is 10.7. The highest BCUT2D eigenvalue weighted by atomic mass is 16.3. The highest BCUT2D eigenvalue weighted by Gasteiger charge is 2.30. The summed E-state index contributed by atoms with van der Waals surface area (Å²) in [5.41, 5.74) is -0.0796. The average Bonchev–Trinajstić information content (AvgIpc) is 2.93. The fourth-order valence-corrected chi connectivity index (χ4v) is 3.21. The van der Waals surface area contributed by atoms with E-state index in [1.165, 1.54) is 34.1 Å². The second-order valence-corrected chi connectivity index (χ2v) is 7.15. The van der Waals surface area contributed by atoms with Crippen LogP contribution in [0.5, 0.6) is 0 Å². The van der Waals surface area contributed by atoms with Crippen LogP contribution in [-0.2, 0) is 14.4 Å². The summed E-state index contributed by atoms with van der Waals surface area (Å²) in [7, 11) is 0. The van der Waals surface area contributed by atoms with Gasteiger partial charge in [0.15, 0.2) is 0 Å². The van der Waals surface area contributed by atoms with Crippen molar-refractivity contribution in [3.8, 4) is 0 Å². The van der Waals surface area contributed by atoms with Gasteiger partial charge >= 0.3 is 0 Å². The molecule has 3 amide bonds. The molecule has 0 saturated heterocycles. The van der Waals surface area contributed by atoms with Crippen molar-refractivity contribution in [2.45, 2.75) is 39.8 Å². The van der Waals surface area contributed by atoms with E-state index in [4.69, 9.17) is 0 Å². The number of carbonyl (C=O) groups excluding carboxylic acids is 3. The largest absolute Gasteiger partial charge is 0.370 e. The van der Waals surface area contributed by atoms with Gasteiger partial charge in [0.05, 0.1) is 0 Å². The lowest BCUT2D eigenvalue weighted by Gasteiger charge is -2.32. The van der Waals surface area contributed by atoms with Crippen LogP contribution in [0.3, 0.4) is 0 Å². The highest BCUT2D eigenvalue weighted by Crippen LogP contribution is 2.31. The molecule has 23 heavy (non-hydrogen) atoms. The van der Waals surface area contributed by atoms with E-state index in [2.05, 4.69) is 13.8 Å². The van der Waals surface area contributed by atoms with Crippen LogP contribution >= 0.6 is 0 Å². The molecule has 2 atom stereocenters. The third-order valence-electron chi connectivity index (χ3n) is 4.34. The van der Waals surface area contributed by atoms with Gasteiger partial charge in [-0.3, -0.25) is 19.3 Å². The van der Waals surface area contributed by atoms with Crippen molar-refractivity contribution in [3.05, 3.63) is 24.3 Å². The van der Waals surface area contributed by atoms with E-state index in [-0.39, 0.29) is 29.1 Å². The molecule has 6 heteroatoms. The van der Waals surface area contributed by atoms with Gasteiger partial charge in [-0.15, -0.1) is 0 Å². The van der Waals surface area contributed by atoms with Gasteiger partial charge in [0.1, 0.15) is 6.23 Å². The lowest BCUT2D eigenvalue weighted by molar-refractivity contribution is -0.137. The fourth-order valence-electron chi connectivity index (χ4n) is 3.21. The summed E-state index contributed by atoms with van der Waals surface area (Å²) in [6, 6.07) is 0. The van der Waals surface area contributed by atoms with Crippen LogP contribution < -0.4 is 0 Å². The first-order valence-electron chi connectivity index (χ1n) is 7.90. The first kappa shape index (κ1) is 17.4. The Morgan fingerprint density at radius 2 is 1.74 bits per heavy atom. The van der Waals surface area contributed by atoms with E-state index in [1.807, 2.05) is 6.92 Å². The van der Waals surface area contributed by atoms with Crippen molar-refractivity contribution in [1.82, 2.24) is 9.80 Å². The topological polar surface area (TPSA) is 77.9 Å². The van der Waals surface area contributed by atoms with Gasteiger partial charge in [-0.05, 0) is 30.3 Å². The maximum Gasteiger partial charge on any atom is 0.253 e. The van der Waals surface area contributed by atoms with Gasteiger partial charge in [-0.2, -0.15) is 0 Å². The molecule has 0 saturated carbocycles. The third-order valence-corrected chi connectivity index (χ3v) is 4.34. The number of carbonyl (C=O) groups is 3. The summed E-state index contributed by atoms with van der Waals surface area (Å²) in [6.45, 7) is 7.09. The molecule has 0 aromatic carbocycles. The van der Waals surface area contributed by atoms with Gasteiger partial charge < -0.3 is 10.0 Å². The van der Waals surface area contributed by atoms with E-state index in [0.29, 0.717) is 19.5 Å². The van der Waals surface area contributed by atoms with Gasteiger partial charge in [-0.25, -0.2) is 0 Å². The Morgan fingerprint density at radius 3 is 2.26 bits per heavy atom. The summed E-state index contributed by atoms with van der Waals surface area (Å²) < 4.78 is 0. The minimum Gasteiger partial charge on any atom is -0.370 e. The maximum absolute atomic E-state index is 11.6. The van der Waals surface area contributed by atoms with Crippen molar-refractivity contribution in [2.24, 2.45) is 11.3 Å². The van der Waals surface area contributed by atoms with E-state index < -0.39 is 6.23 Å². The average molecular weight is 320 g/mol. The van der Waals surface area contributed by atoms with Crippen LogP contribution in [0.1, 0.15) is 33.6 Å². The third kappa shape index (κ3) is 4.28. The van der Waals surface area contributed by atoms with Crippen molar-refractivity contribution in [1.29, 1.82) is 0 Å². The zero-order valence-corrected chi connectivity index (χ0v) is 13.9. The fraction of sp³-hybridized carbons (Fsp3) is 0.588. The molecule has 0 bridgehead atoms. The second-order valence-electron chi connectivity index (χ2n) is 7.15. The molecule has 0 aromatic heterocycles.